The molecule has 1 atom stereocenters. The van der Waals surface area contributed by atoms with Gasteiger partial charge in [0.25, 0.3) is 0 Å². The molecule has 0 aliphatic rings. The molecule has 0 amide bonds. The van der Waals surface area contributed by atoms with Crippen LogP contribution in [-0.2, 0) is 0 Å². The van der Waals surface area contributed by atoms with Gasteiger partial charge < -0.3 is 5.11 Å². The Hall–Kier alpha value is -0.0800. The summed E-state index contributed by atoms with van der Waals surface area (Å²) >= 11 is 0. The molecule has 2 nitrogen and oxygen atoms in total. The van der Waals surface area contributed by atoms with Gasteiger partial charge in [-0.25, -0.2) is 0 Å². The van der Waals surface area contributed by atoms with E-state index in [4.69, 9.17) is 0 Å². The van der Waals surface area contributed by atoms with Crippen LogP contribution in [-0.4, -0.2) is 17.9 Å². The average Bonchev–Trinajstić information content (AvgIpc) is 2.57. The third-order valence-corrected chi connectivity index (χ3v) is 3.18. The Morgan fingerprint density at radius 3 is 1.32 bits per heavy atom. The van der Waals surface area contributed by atoms with Crippen molar-refractivity contribution < 1.29 is 5.11 Å². The van der Waals surface area contributed by atoms with Gasteiger partial charge >= 0.3 is 0 Å². The van der Waals surface area contributed by atoms with Crippen LogP contribution in [0, 0.1) is 0 Å². The smallest absolute Gasteiger partial charge is 0.104 e. The molecule has 0 rings (SSSR count). The van der Waals surface area contributed by atoms with Crippen LogP contribution < -0.4 is 5.32 Å². The molecule has 0 aromatic heterocycles. The van der Waals surface area contributed by atoms with Crippen LogP contribution in [0.4, 0.5) is 0 Å². The second-order valence-electron chi connectivity index (χ2n) is 6.79. The molecule has 0 heterocycles. The zero-order chi connectivity index (χ0) is 20.2. The van der Waals surface area contributed by atoms with Crippen LogP contribution in [0.25, 0.3) is 0 Å². The van der Waals surface area contributed by atoms with Gasteiger partial charge in [-0.15, -0.1) is 0 Å². The van der Waals surface area contributed by atoms with Crippen LogP contribution in [0.1, 0.15) is 139 Å². The molecule has 0 bridgehead atoms. The van der Waals surface area contributed by atoms with E-state index in [0.29, 0.717) is 0 Å². The maximum absolute atomic E-state index is 9.38. The fraction of sp³-hybridized carbons (Fsp3) is 1.00. The summed E-state index contributed by atoms with van der Waals surface area (Å²) in [5, 5.41) is 12.5. The molecule has 0 fully saturated rings. The Kier molecular flexibility index (Phi) is 51.0. The zero-order valence-electron chi connectivity index (χ0n) is 19.4. The highest BCUT2D eigenvalue weighted by molar-refractivity contribution is 4.53. The SMILES string of the molecule is CCC.CCC.CCCCC.CCCCCCCCNC(O)CCC. The number of rotatable bonds is 12. The quantitative estimate of drug-likeness (QED) is 0.272. The predicted octanol–water partition coefficient (Wildman–Crippen LogP) is 8.08. The summed E-state index contributed by atoms with van der Waals surface area (Å²) in [6, 6.07) is 0. The lowest BCUT2D eigenvalue weighted by molar-refractivity contribution is 0.126. The van der Waals surface area contributed by atoms with Crippen LogP contribution in [0.5, 0.6) is 0 Å². The van der Waals surface area contributed by atoms with E-state index in [2.05, 4.69) is 60.7 Å². The van der Waals surface area contributed by atoms with Gasteiger partial charge in [-0.3, -0.25) is 5.32 Å². The van der Waals surface area contributed by atoms with Crippen molar-refractivity contribution in [2.45, 2.75) is 145 Å². The fourth-order valence-electron chi connectivity index (χ4n) is 1.90. The summed E-state index contributed by atoms with van der Waals surface area (Å²) in [7, 11) is 0. The highest BCUT2D eigenvalue weighted by Gasteiger charge is 1.99. The third-order valence-electron chi connectivity index (χ3n) is 3.18. The average molecular weight is 362 g/mol. The Labute approximate surface area is 162 Å². The van der Waals surface area contributed by atoms with Crippen molar-refractivity contribution in [3.05, 3.63) is 0 Å². The van der Waals surface area contributed by atoms with E-state index in [0.717, 1.165) is 19.4 Å². The van der Waals surface area contributed by atoms with Crippen molar-refractivity contribution in [2.75, 3.05) is 6.54 Å². The normalized spacial score (nSPS) is 10.4. The minimum Gasteiger partial charge on any atom is -0.379 e. The number of aliphatic hydroxyl groups is 1. The van der Waals surface area contributed by atoms with Gasteiger partial charge in [0, 0.05) is 0 Å². The number of nitrogens with one attached hydrogen (secondary N) is 1. The third kappa shape index (κ3) is 59.3. The number of aliphatic hydroxyl groups excluding tert-OH is 1. The highest BCUT2D eigenvalue weighted by Crippen LogP contribution is 2.04. The first-order valence-electron chi connectivity index (χ1n) is 11.5. The molecule has 0 aliphatic heterocycles. The van der Waals surface area contributed by atoms with Gasteiger partial charge in [-0.1, -0.05) is 126 Å². The van der Waals surface area contributed by atoms with E-state index in [-0.39, 0.29) is 6.23 Å². The van der Waals surface area contributed by atoms with Gasteiger partial charge in [0.15, 0.2) is 0 Å². The van der Waals surface area contributed by atoms with Gasteiger partial charge in [0.1, 0.15) is 6.23 Å². The minimum atomic E-state index is -0.282. The standard InChI is InChI=1S/C12H27NO.C5H12.2C3H8/c1-3-5-6-7-8-9-11-13-12(14)10-4-2;1-3-5-4-2;2*1-3-2/h12-14H,3-11H2,1-2H3;3-5H2,1-2H3;2*3H2,1-2H3. The van der Waals surface area contributed by atoms with E-state index < -0.39 is 0 Å². The van der Waals surface area contributed by atoms with Crippen molar-refractivity contribution in [3.8, 4) is 0 Å². The monoisotopic (exact) mass is 361 g/mol. The van der Waals surface area contributed by atoms with Crippen molar-refractivity contribution in [1.29, 1.82) is 0 Å². The Balaban J connectivity index is -0.000000164. The van der Waals surface area contributed by atoms with E-state index in [1.54, 1.807) is 0 Å². The maximum Gasteiger partial charge on any atom is 0.104 e. The molecule has 2 heteroatoms. The van der Waals surface area contributed by atoms with Gasteiger partial charge in [0.2, 0.25) is 0 Å². The second-order valence-corrected chi connectivity index (χ2v) is 6.79. The lowest BCUT2D eigenvalue weighted by Crippen LogP contribution is -2.29. The van der Waals surface area contributed by atoms with Crippen LogP contribution in [0.3, 0.4) is 0 Å². The van der Waals surface area contributed by atoms with Gasteiger partial charge in [-0.05, 0) is 19.4 Å². The molecule has 2 N–H and O–H groups in total. The largest absolute Gasteiger partial charge is 0.379 e. The first-order chi connectivity index (χ1) is 12.1. The molecule has 0 saturated heterocycles. The molecule has 0 radical (unpaired) electrons. The van der Waals surface area contributed by atoms with E-state index in [1.165, 1.54) is 70.6 Å². The van der Waals surface area contributed by atoms with Gasteiger partial charge in [0.05, 0.1) is 0 Å². The van der Waals surface area contributed by atoms with Crippen LogP contribution in [0.2, 0.25) is 0 Å². The predicted molar refractivity (Wildman–Crippen MR) is 119 cm³/mol. The summed E-state index contributed by atoms with van der Waals surface area (Å²) < 4.78 is 0. The number of hydrogen-bond acceptors (Lipinski definition) is 2. The summed E-state index contributed by atoms with van der Waals surface area (Å²) in [5.41, 5.74) is 0. The summed E-state index contributed by atoms with van der Waals surface area (Å²) in [5.74, 6) is 0. The Morgan fingerprint density at radius 2 is 0.960 bits per heavy atom. The molecular weight excluding hydrogens is 306 g/mol. The molecule has 0 aromatic carbocycles. The Bertz CT molecular complexity index is 158. The maximum atomic E-state index is 9.38. The Morgan fingerprint density at radius 1 is 0.560 bits per heavy atom. The van der Waals surface area contributed by atoms with Crippen LogP contribution in [0.15, 0.2) is 0 Å². The molecule has 25 heavy (non-hydrogen) atoms. The van der Waals surface area contributed by atoms with E-state index in [9.17, 15) is 5.11 Å². The van der Waals surface area contributed by atoms with Crippen molar-refractivity contribution in [3.63, 3.8) is 0 Å². The highest BCUT2D eigenvalue weighted by atomic mass is 16.3. The second kappa shape index (κ2) is 39.1. The van der Waals surface area contributed by atoms with E-state index in [1.807, 2.05) is 0 Å². The number of hydrogen-bond donors (Lipinski definition) is 2. The molecule has 158 valence electrons. The first kappa shape index (κ1) is 32.6. The van der Waals surface area contributed by atoms with Crippen molar-refractivity contribution >= 4 is 0 Å². The molecule has 0 saturated carbocycles. The topological polar surface area (TPSA) is 32.3 Å². The molecule has 0 aromatic rings. The molecule has 0 spiro atoms. The molecule has 0 aliphatic carbocycles. The summed E-state index contributed by atoms with van der Waals surface area (Å²) in [6.07, 6.45) is 16.1. The number of unbranched alkanes of at least 4 members (excludes halogenated alkanes) is 7. The summed E-state index contributed by atoms with van der Waals surface area (Å²) in [6.45, 7) is 18.2. The summed E-state index contributed by atoms with van der Waals surface area (Å²) in [4.78, 5) is 0. The van der Waals surface area contributed by atoms with Gasteiger partial charge in [-0.2, -0.15) is 0 Å². The lowest BCUT2D eigenvalue weighted by Gasteiger charge is -2.10. The first-order valence-corrected chi connectivity index (χ1v) is 11.5. The molecular formula is C23H55NO. The van der Waals surface area contributed by atoms with Crippen molar-refractivity contribution in [1.82, 2.24) is 5.32 Å². The minimum absolute atomic E-state index is 0.282. The van der Waals surface area contributed by atoms with Crippen molar-refractivity contribution in [2.24, 2.45) is 0 Å². The zero-order valence-corrected chi connectivity index (χ0v) is 19.4. The lowest BCUT2D eigenvalue weighted by atomic mass is 10.1. The van der Waals surface area contributed by atoms with E-state index >= 15 is 0 Å². The molecule has 1 unspecified atom stereocenters. The fourth-order valence-corrected chi connectivity index (χ4v) is 1.90. The van der Waals surface area contributed by atoms with Crippen LogP contribution >= 0.6 is 0 Å².